The third-order valence-corrected chi connectivity index (χ3v) is 3.57. The van der Waals surface area contributed by atoms with E-state index in [1.165, 1.54) is 0 Å². The molecule has 2 N–H and O–H groups in total. The van der Waals surface area contributed by atoms with Gasteiger partial charge in [0.05, 0.1) is 20.3 Å². The van der Waals surface area contributed by atoms with Crippen molar-refractivity contribution < 1.29 is 14.3 Å². The number of likely N-dealkylation sites (tertiary alicyclic amines) is 1. The average molecular weight is 264 g/mol. The molecule has 1 aromatic rings. The smallest absolute Gasteiger partial charge is 0.224 e. The Bertz CT molecular complexity index is 476. The number of hydrogen-bond donors (Lipinski definition) is 1. The van der Waals surface area contributed by atoms with Gasteiger partial charge in [-0.25, -0.2) is 0 Å². The molecule has 0 bridgehead atoms. The van der Waals surface area contributed by atoms with E-state index in [4.69, 9.17) is 15.2 Å². The van der Waals surface area contributed by atoms with Crippen molar-refractivity contribution in [1.82, 2.24) is 4.90 Å². The molecule has 0 radical (unpaired) electrons. The van der Waals surface area contributed by atoms with Crippen molar-refractivity contribution in [3.8, 4) is 11.5 Å². The van der Waals surface area contributed by atoms with Gasteiger partial charge in [0, 0.05) is 30.6 Å². The first-order valence-corrected chi connectivity index (χ1v) is 6.39. The lowest BCUT2D eigenvalue weighted by Crippen LogP contribution is -2.33. The van der Waals surface area contributed by atoms with E-state index < -0.39 is 0 Å². The molecule has 1 saturated heterocycles. The molecule has 2 unspecified atom stereocenters. The Kier molecular flexibility index (Phi) is 3.95. The minimum Gasteiger partial charge on any atom is -0.497 e. The van der Waals surface area contributed by atoms with Crippen molar-refractivity contribution in [2.75, 3.05) is 20.8 Å². The molecule has 0 aliphatic carbocycles. The summed E-state index contributed by atoms with van der Waals surface area (Å²) in [5, 5.41) is 0. The molecule has 0 aromatic heterocycles. The fourth-order valence-electron chi connectivity index (χ4n) is 2.65. The number of hydrogen-bond acceptors (Lipinski definition) is 4. The van der Waals surface area contributed by atoms with Gasteiger partial charge in [-0.15, -0.1) is 0 Å². The van der Waals surface area contributed by atoms with Gasteiger partial charge in [0.15, 0.2) is 0 Å². The van der Waals surface area contributed by atoms with Crippen molar-refractivity contribution in [2.45, 2.75) is 25.4 Å². The highest BCUT2D eigenvalue weighted by Crippen LogP contribution is 2.38. The second-order valence-electron chi connectivity index (χ2n) is 4.60. The summed E-state index contributed by atoms with van der Waals surface area (Å²) in [6, 6.07) is 5.27. The fraction of sp³-hybridized carbons (Fsp3) is 0.500. The summed E-state index contributed by atoms with van der Waals surface area (Å²) in [7, 11) is 3.22. The molecule has 5 heteroatoms. The topological polar surface area (TPSA) is 64.8 Å². The zero-order valence-corrected chi connectivity index (χ0v) is 11.6. The van der Waals surface area contributed by atoms with Crippen LogP contribution in [0, 0.1) is 0 Å². The summed E-state index contributed by atoms with van der Waals surface area (Å²) in [5.74, 6) is 1.52. The second-order valence-corrected chi connectivity index (χ2v) is 4.60. The van der Waals surface area contributed by atoms with Crippen molar-refractivity contribution in [3.63, 3.8) is 0 Å². The van der Waals surface area contributed by atoms with E-state index in [-0.39, 0.29) is 18.0 Å². The van der Waals surface area contributed by atoms with Crippen LogP contribution in [0.5, 0.6) is 11.5 Å². The van der Waals surface area contributed by atoms with Gasteiger partial charge in [-0.1, -0.05) is 0 Å². The van der Waals surface area contributed by atoms with Crippen molar-refractivity contribution in [3.05, 3.63) is 23.8 Å². The molecular formula is C14H20N2O3. The molecule has 1 aliphatic heterocycles. The molecule has 1 fully saturated rings. The third-order valence-electron chi connectivity index (χ3n) is 3.57. The van der Waals surface area contributed by atoms with Crippen LogP contribution in [-0.4, -0.2) is 37.6 Å². The quantitative estimate of drug-likeness (QED) is 0.891. The maximum Gasteiger partial charge on any atom is 0.224 e. The lowest BCUT2D eigenvalue weighted by atomic mass is 9.99. The Morgan fingerprint density at radius 2 is 2.11 bits per heavy atom. The predicted octanol–water partition coefficient (Wildman–Crippen LogP) is 1.32. The maximum atomic E-state index is 11.9. The van der Waals surface area contributed by atoms with Gasteiger partial charge in [-0.05, 0) is 19.1 Å². The number of carbonyl (C=O) groups is 1. The van der Waals surface area contributed by atoms with Crippen LogP contribution < -0.4 is 15.2 Å². The summed E-state index contributed by atoms with van der Waals surface area (Å²) >= 11 is 0. The predicted molar refractivity (Wildman–Crippen MR) is 72.3 cm³/mol. The normalized spacial score (nSPS) is 22.7. The highest BCUT2D eigenvalue weighted by Gasteiger charge is 2.39. The van der Waals surface area contributed by atoms with Gasteiger partial charge in [0.1, 0.15) is 11.5 Å². The van der Waals surface area contributed by atoms with Crippen LogP contribution in [0.1, 0.15) is 24.9 Å². The molecule has 1 aliphatic rings. The zero-order valence-electron chi connectivity index (χ0n) is 11.6. The van der Waals surface area contributed by atoms with Crippen LogP contribution in [0.2, 0.25) is 0 Å². The van der Waals surface area contributed by atoms with Crippen LogP contribution in [0.25, 0.3) is 0 Å². The standard InChI is InChI=1S/C14H20N2O3/c1-4-16-13(17)8-11(15)14(16)10-6-5-9(18-2)7-12(10)19-3/h5-7,11,14H,4,8,15H2,1-3H3. The number of methoxy groups -OCH3 is 2. The summed E-state index contributed by atoms with van der Waals surface area (Å²) < 4.78 is 10.6. The highest BCUT2D eigenvalue weighted by molar-refractivity contribution is 5.80. The lowest BCUT2D eigenvalue weighted by molar-refractivity contribution is -0.128. The molecule has 104 valence electrons. The minimum absolute atomic E-state index is 0.0953. The van der Waals surface area contributed by atoms with Crippen molar-refractivity contribution in [2.24, 2.45) is 5.73 Å². The number of likely N-dealkylation sites (N-methyl/N-ethyl adjacent to an activating group) is 1. The molecule has 0 saturated carbocycles. The first kappa shape index (κ1) is 13.7. The third kappa shape index (κ3) is 2.38. The molecule has 0 spiro atoms. The van der Waals surface area contributed by atoms with Crippen LogP contribution in [0.3, 0.4) is 0 Å². The Morgan fingerprint density at radius 1 is 1.37 bits per heavy atom. The number of nitrogens with zero attached hydrogens (tertiary/aromatic N) is 1. The summed E-state index contributed by atoms with van der Waals surface area (Å²) in [6.45, 7) is 2.60. The fourth-order valence-corrected chi connectivity index (χ4v) is 2.65. The zero-order chi connectivity index (χ0) is 14.0. The molecule has 2 rings (SSSR count). The van der Waals surface area contributed by atoms with Gasteiger partial charge >= 0.3 is 0 Å². The SMILES string of the molecule is CCN1C(=O)CC(N)C1c1ccc(OC)cc1OC. The second kappa shape index (κ2) is 5.48. The van der Waals surface area contributed by atoms with E-state index in [1.54, 1.807) is 19.1 Å². The first-order valence-electron chi connectivity index (χ1n) is 6.39. The van der Waals surface area contributed by atoms with Gasteiger partial charge in [-0.2, -0.15) is 0 Å². The number of carbonyl (C=O) groups excluding carboxylic acids is 1. The molecule has 2 atom stereocenters. The monoisotopic (exact) mass is 264 g/mol. The Morgan fingerprint density at radius 3 is 2.68 bits per heavy atom. The Hall–Kier alpha value is -1.75. The first-order chi connectivity index (χ1) is 9.12. The molecule has 5 nitrogen and oxygen atoms in total. The Balaban J connectivity index is 2.42. The van der Waals surface area contributed by atoms with Crippen LogP contribution in [0.15, 0.2) is 18.2 Å². The summed E-state index contributed by atoms with van der Waals surface area (Å²) in [5.41, 5.74) is 7.05. The highest BCUT2D eigenvalue weighted by atomic mass is 16.5. The van der Waals surface area contributed by atoms with Crippen LogP contribution >= 0.6 is 0 Å². The Labute approximate surface area is 113 Å². The lowest BCUT2D eigenvalue weighted by Gasteiger charge is -2.27. The van der Waals surface area contributed by atoms with Crippen LogP contribution in [0.4, 0.5) is 0 Å². The number of benzene rings is 1. The summed E-state index contributed by atoms with van der Waals surface area (Å²) in [6.07, 6.45) is 0.383. The molecule has 19 heavy (non-hydrogen) atoms. The number of nitrogens with two attached hydrogens (primary N) is 1. The number of rotatable bonds is 4. The molecule has 1 amide bonds. The average Bonchev–Trinajstić information content (AvgIpc) is 2.71. The van der Waals surface area contributed by atoms with E-state index in [9.17, 15) is 4.79 Å². The van der Waals surface area contributed by atoms with E-state index in [1.807, 2.05) is 25.1 Å². The van der Waals surface area contributed by atoms with E-state index in [0.29, 0.717) is 18.7 Å². The van der Waals surface area contributed by atoms with Gasteiger partial charge in [-0.3, -0.25) is 4.79 Å². The van der Waals surface area contributed by atoms with E-state index >= 15 is 0 Å². The largest absolute Gasteiger partial charge is 0.497 e. The number of amides is 1. The van der Waals surface area contributed by atoms with Gasteiger partial charge in [0.25, 0.3) is 0 Å². The van der Waals surface area contributed by atoms with Gasteiger partial charge < -0.3 is 20.1 Å². The minimum atomic E-state index is -0.199. The molecule has 1 aromatic carbocycles. The van der Waals surface area contributed by atoms with Crippen molar-refractivity contribution in [1.29, 1.82) is 0 Å². The number of ether oxygens (including phenoxy) is 2. The van der Waals surface area contributed by atoms with E-state index in [2.05, 4.69) is 0 Å². The van der Waals surface area contributed by atoms with Gasteiger partial charge in [0.2, 0.25) is 5.91 Å². The maximum absolute atomic E-state index is 11.9. The van der Waals surface area contributed by atoms with Crippen LogP contribution in [-0.2, 0) is 4.79 Å². The van der Waals surface area contributed by atoms with Crippen molar-refractivity contribution >= 4 is 5.91 Å². The summed E-state index contributed by atoms with van der Waals surface area (Å²) in [4.78, 5) is 13.7. The molecule has 1 heterocycles. The molecular weight excluding hydrogens is 244 g/mol. The van der Waals surface area contributed by atoms with E-state index in [0.717, 1.165) is 11.3 Å².